The summed E-state index contributed by atoms with van der Waals surface area (Å²) in [6.07, 6.45) is 8.66. The predicted octanol–water partition coefficient (Wildman–Crippen LogP) is 5.14. The van der Waals surface area contributed by atoms with E-state index in [1.54, 1.807) is 6.07 Å². The molecule has 1 aliphatic rings. The smallest absolute Gasteiger partial charge is 0.119 e. The minimum absolute atomic E-state index is 0.101. The topological polar surface area (TPSA) is 44.0 Å². The van der Waals surface area contributed by atoms with E-state index in [2.05, 4.69) is 13.0 Å². The van der Waals surface area contributed by atoms with E-state index < -0.39 is 0 Å². The number of phenolic OH excluding ortho intramolecular Hbond substituents is 1. The Morgan fingerprint density at radius 1 is 1.25 bits per heavy atom. The van der Waals surface area contributed by atoms with Gasteiger partial charge in [-0.15, -0.1) is 0 Å². The summed E-state index contributed by atoms with van der Waals surface area (Å²) in [5, 5.41) is 19.5. The Morgan fingerprint density at radius 2 is 1.95 bits per heavy atom. The van der Waals surface area contributed by atoms with Crippen LogP contribution in [-0.2, 0) is 0 Å². The van der Waals surface area contributed by atoms with Crippen LogP contribution in [0.15, 0.2) is 24.3 Å². The van der Waals surface area contributed by atoms with Crippen LogP contribution in [0, 0.1) is 16.7 Å². The third-order valence-corrected chi connectivity index (χ3v) is 4.82. The fourth-order valence-electron chi connectivity index (χ4n) is 3.45. The monoisotopic (exact) mass is 271 g/mol. The van der Waals surface area contributed by atoms with E-state index in [9.17, 15) is 10.4 Å². The Labute approximate surface area is 122 Å². The number of aromatic hydroxyl groups is 1. The van der Waals surface area contributed by atoms with Gasteiger partial charge in [0.05, 0.1) is 11.5 Å². The molecule has 1 saturated carbocycles. The van der Waals surface area contributed by atoms with Crippen LogP contribution in [-0.4, -0.2) is 5.11 Å². The normalized spacial score (nSPS) is 26.1. The van der Waals surface area contributed by atoms with E-state index in [0.29, 0.717) is 11.7 Å². The number of rotatable bonds is 5. The second-order valence-electron chi connectivity index (χ2n) is 6.18. The molecule has 0 radical (unpaired) electrons. The van der Waals surface area contributed by atoms with E-state index >= 15 is 0 Å². The van der Waals surface area contributed by atoms with E-state index in [1.165, 1.54) is 19.3 Å². The fraction of sp³-hybridized carbons (Fsp3) is 0.611. The first kappa shape index (κ1) is 14.9. The lowest BCUT2D eigenvalue weighted by Crippen LogP contribution is -2.25. The van der Waals surface area contributed by atoms with Crippen LogP contribution in [0.5, 0.6) is 5.75 Å². The van der Waals surface area contributed by atoms with Crippen LogP contribution in [0.3, 0.4) is 0 Å². The maximum atomic E-state index is 9.96. The molecule has 1 N–H and O–H groups in total. The molecule has 2 nitrogen and oxygen atoms in total. The standard InChI is InChI=1S/C18H25NO/c1-2-3-6-11-18(14-19)12-9-15(10-13-18)16-7-4-5-8-17(16)20/h4-5,7-8,15,20H,2-3,6,9-13H2,1H3. The third kappa shape index (κ3) is 3.33. The Hall–Kier alpha value is -1.49. The summed E-state index contributed by atoms with van der Waals surface area (Å²) in [5.74, 6) is 0.830. The first-order valence-electron chi connectivity index (χ1n) is 7.90. The average Bonchev–Trinajstić information content (AvgIpc) is 2.49. The second kappa shape index (κ2) is 6.79. The SMILES string of the molecule is CCCCCC1(C#N)CCC(c2ccccc2O)CC1. The van der Waals surface area contributed by atoms with E-state index in [1.807, 2.05) is 18.2 Å². The summed E-state index contributed by atoms with van der Waals surface area (Å²) in [6.45, 7) is 2.20. The minimum Gasteiger partial charge on any atom is -0.508 e. The molecule has 108 valence electrons. The van der Waals surface area contributed by atoms with Crippen molar-refractivity contribution < 1.29 is 5.11 Å². The van der Waals surface area contributed by atoms with Crippen molar-refractivity contribution in [2.24, 2.45) is 5.41 Å². The molecule has 0 aliphatic heterocycles. The number of nitrogens with zero attached hydrogens (tertiary/aromatic N) is 1. The first-order valence-corrected chi connectivity index (χ1v) is 7.90. The summed E-state index contributed by atoms with van der Waals surface area (Å²) in [7, 11) is 0. The van der Waals surface area contributed by atoms with Crippen LogP contribution >= 0.6 is 0 Å². The second-order valence-corrected chi connectivity index (χ2v) is 6.18. The maximum Gasteiger partial charge on any atom is 0.119 e. The molecule has 0 bridgehead atoms. The number of phenols is 1. The third-order valence-electron chi connectivity index (χ3n) is 4.82. The van der Waals surface area contributed by atoms with Crippen molar-refractivity contribution in [3.8, 4) is 11.8 Å². The summed E-state index contributed by atoms with van der Waals surface area (Å²) >= 11 is 0. The van der Waals surface area contributed by atoms with Crippen LogP contribution in [0.1, 0.15) is 69.8 Å². The van der Waals surface area contributed by atoms with Gasteiger partial charge >= 0.3 is 0 Å². The van der Waals surface area contributed by atoms with Crippen molar-refractivity contribution in [3.63, 3.8) is 0 Å². The zero-order valence-corrected chi connectivity index (χ0v) is 12.4. The summed E-state index contributed by atoms with van der Waals surface area (Å²) in [4.78, 5) is 0. The molecule has 20 heavy (non-hydrogen) atoms. The van der Waals surface area contributed by atoms with E-state index in [-0.39, 0.29) is 5.41 Å². The molecule has 1 fully saturated rings. The van der Waals surface area contributed by atoms with Crippen molar-refractivity contribution in [3.05, 3.63) is 29.8 Å². The Morgan fingerprint density at radius 3 is 2.55 bits per heavy atom. The van der Waals surface area contributed by atoms with Crippen LogP contribution < -0.4 is 0 Å². The van der Waals surface area contributed by atoms with Crippen molar-refractivity contribution in [2.45, 2.75) is 64.2 Å². The van der Waals surface area contributed by atoms with Crippen molar-refractivity contribution in [1.29, 1.82) is 5.26 Å². The van der Waals surface area contributed by atoms with Gasteiger partial charge in [0, 0.05) is 0 Å². The summed E-state index contributed by atoms with van der Waals surface area (Å²) < 4.78 is 0. The van der Waals surface area contributed by atoms with Crippen molar-refractivity contribution >= 4 is 0 Å². The van der Waals surface area contributed by atoms with Crippen LogP contribution in [0.2, 0.25) is 0 Å². The highest BCUT2D eigenvalue weighted by molar-refractivity contribution is 5.35. The van der Waals surface area contributed by atoms with Gasteiger partial charge in [-0.2, -0.15) is 5.26 Å². The van der Waals surface area contributed by atoms with Gasteiger partial charge in [0.15, 0.2) is 0 Å². The van der Waals surface area contributed by atoms with Gasteiger partial charge in [-0.05, 0) is 49.7 Å². The van der Waals surface area contributed by atoms with Crippen LogP contribution in [0.4, 0.5) is 0 Å². The van der Waals surface area contributed by atoms with Gasteiger partial charge in [0.1, 0.15) is 5.75 Å². The minimum atomic E-state index is -0.101. The molecule has 0 amide bonds. The van der Waals surface area contributed by atoms with Crippen LogP contribution in [0.25, 0.3) is 0 Å². The van der Waals surface area contributed by atoms with Crippen molar-refractivity contribution in [2.75, 3.05) is 0 Å². The summed E-state index contributed by atoms with van der Waals surface area (Å²) in [6, 6.07) is 10.2. The number of nitriles is 1. The number of hydrogen-bond donors (Lipinski definition) is 1. The molecule has 0 heterocycles. The molecule has 0 saturated heterocycles. The molecule has 1 aromatic carbocycles. The maximum absolute atomic E-state index is 9.96. The zero-order valence-electron chi connectivity index (χ0n) is 12.4. The van der Waals surface area contributed by atoms with Gasteiger partial charge in [0.2, 0.25) is 0 Å². The molecule has 1 aliphatic carbocycles. The highest BCUT2D eigenvalue weighted by atomic mass is 16.3. The molecule has 2 heteroatoms. The number of para-hydroxylation sites is 1. The zero-order chi connectivity index (χ0) is 14.4. The molecule has 0 spiro atoms. The summed E-state index contributed by atoms with van der Waals surface area (Å²) in [5.41, 5.74) is 0.961. The van der Waals surface area contributed by atoms with E-state index in [0.717, 1.165) is 37.7 Å². The Balaban J connectivity index is 1.97. The first-order chi connectivity index (χ1) is 9.71. The number of unbranched alkanes of at least 4 members (excludes halogenated alkanes) is 2. The molecule has 0 atom stereocenters. The lowest BCUT2D eigenvalue weighted by atomic mass is 9.67. The highest BCUT2D eigenvalue weighted by Gasteiger charge is 2.35. The Bertz CT molecular complexity index is 467. The van der Waals surface area contributed by atoms with Gasteiger partial charge < -0.3 is 5.11 Å². The average molecular weight is 271 g/mol. The van der Waals surface area contributed by atoms with Crippen molar-refractivity contribution in [1.82, 2.24) is 0 Å². The molecular formula is C18H25NO. The van der Waals surface area contributed by atoms with Gasteiger partial charge in [0.25, 0.3) is 0 Å². The van der Waals surface area contributed by atoms with Gasteiger partial charge in [-0.3, -0.25) is 0 Å². The molecule has 0 aromatic heterocycles. The lowest BCUT2D eigenvalue weighted by Gasteiger charge is -2.35. The molecule has 1 aromatic rings. The molecule has 0 unspecified atom stereocenters. The highest BCUT2D eigenvalue weighted by Crippen LogP contribution is 2.47. The predicted molar refractivity (Wildman–Crippen MR) is 81.5 cm³/mol. The number of benzene rings is 1. The fourth-order valence-corrected chi connectivity index (χ4v) is 3.45. The van der Waals surface area contributed by atoms with E-state index in [4.69, 9.17) is 0 Å². The quantitative estimate of drug-likeness (QED) is 0.753. The lowest BCUT2D eigenvalue weighted by molar-refractivity contribution is 0.221. The number of hydrogen-bond acceptors (Lipinski definition) is 2. The molecule has 2 rings (SSSR count). The molecular weight excluding hydrogens is 246 g/mol. The largest absolute Gasteiger partial charge is 0.508 e. The van der Waals surface area contributed by atoms with Gasteiger partial charge in [-0.1, -0.05) is 44.4 Å². The Kier molecular flexibility index (Phi) is 5.06. The van der Waals surface area contributed by atoms with Gasteiger partial charge in [-0.25, -0.2) is 0 Å².